The molecule has 1 unspecified atom stereocenters. The molecule has 0 aliphatic carbocycles. The van der Waals surface area contributed by atoms with Gasteiger partial charge in [0, 0.05) is 18.1 Å². The Morgan fingerprint density at radius 3 is 2.15 bits per heavy atom. The molecule has 1 aliphatic rings. The number of anilines is 2. The van der Waals surface area contributed by atoms with Gasteiger partial charge in [0.1, 0.15) is 11.2 Å². The highest BCUT2D eigenvalue weighted by Crippen LogP contribution is 2.34. The lowest BCUT2D eigenvalue weighted by molar-refractivity contribution is 0.0428. The second-order valence-electron chi connectivity index (χ2n) is 8.54. The van der Waals surface area contributed by atoms with E-state index in [4.69, 9.17) is 19.9 Å². The van der Waals surface area contributed by atoms with Crippen molar-refractivity contribution in [3.63, 3.8) is 0 Å². The SMILES string of the molecule is CC(C)(C)OC(=O)N(C(=O)OC(C)(C)C)c1ncc(N)cc1C1CCOC1. The molecule has 2 heterocycles. The summed E-state index contributed by atoms with van der Waals surface area (Å²) in [5, 5.41) is 0. The largest absolute Gasteiger partial charge is 0.443 e. The van der Waals surface area contributed by atoms with E-state index >= 15 is 0 Å². The van der Waals surface area contributed by atoms with Crippen molar-refractivity contribution < 1.29 is 23.8 Å². The Kier molecular flexibility index (Phi) is 5.99. The predicted molar refractivity (Wildman–Crippen MR) is 102 cm³/mol. The normalized spacial score (nSPS) is 17.5. The predicted octanol–water partition coefficient (Wildman–Crippen LogP) is 3.84. The maximum absolute atomic E-state index is 12.8. The molecule has 1 aliphatic heterocycles. The Balaban J connectivity index is 2.49. The summed E-state index contributed by atoms with van der Waals surface area (Å²) in [6.45, 7) is 11.4. The Morgan fingerprint density at radius 2 is 1.70 bits per heavy atom. The Morgan fingerprint density at radius 1 is 1.15 bits per heavy atom. The van der Waals surface area contributed by atoms with Crippen LogP contribution < -0.4 is 10.6 Å². The molecule has 150 valence electrons. The Bertz CT molecular complexity index is 672. The van der Waals surface area contributed by atoms with Crippen molar-refractivity contribution in [1.82, 2.24) is 4.98 Å². The molecule has 0 spiro atoms. The van der Waals surface area contributed by atoms with Gasteiger partial charge in [-0.2, -0.15) is 4.90 Å². The van der Waals surface area contributed by atoms with Crippen LogP contribution in [0.3, 0.4) is 0 Å². The summed E-state index contributed by atoms with van der Waals surface area (Å²) in [6, 6.07) is 1.71. The molecule has 2 rings (SSSR count). The minimum atomic E-state index is -0.853. The first-order chi connectivity index (χ1) is 12.4. The molecular weight excluding hydrogens is 350 g/mol. The first-order valence-corrected chi connectivity index (χ1v) is 8.96. The third-order valence-corrected chi connectivity index (χ3v) is 3.65. The molecular formula is C19H29N3O5. The number of ether oxygens (including phenoxy) is 3. The van der Waals surface area contributed by atoms with Gasteiger partial charge in [-0.25, -0.2) is 14.6 Å². The number of aromatic nitrogens is 1. The number of imide groups is 1. The molecule has 0 bridgehead atoms. The number of nitrogen functional groups attached to an aromatic ring is 1. The van der Waals surface area contributed by atoms with Crippen LogP contribution in [-0.4, -0.2) is 41.6 Å². The fourth-order valence-electron chi connectivity index (χ4n) is 2.62. The Hall–Kier alpha value is -2.35. The minimum absolute atomic E-state index is 0.0247. The van der Waals surface area contributed by atoms with Crippen LogP contribution in [0, 0.1) is 0 Å². The van der Waals surface area contributed by atoms with Crippen molar-refractivity contribution in [2.45, 2.75) is 65.1 Å². The van der Waals surface area contributed by atoms with Gasteiger partial charge in [0.2, 0.25) is 0 Å². The van der Waals surface area contributed by atoms with Crippen molar-refractivity contribution in [2.24, 2.45) is 0 Å². The van der Waals surface area contributed by atoms with E-state index in [1.807, 2.05) is 0 Å². The first kappa shape index (κ1) is 21.0. The summed E-state index contributed by atoms with van der Waals surface area (Å²) in [6.07, 6.45) is 0.439. The van der Waals surface area contributed by atoms with Crippen LogP contribution in [0.5, 0.6) is 0 Å². The molecule has 1 aromatic heterocycles. The van der Waals surface area contributed by atoms with Crippen molar-refractivity contribution in [1.29, 1.82) is 0 Å². The summed E-state index contributed by atoms with van der Waals surface area (Å²) in [5.41, 5.74) is 5.41. The van der Waals surface area contributed by atoms with Gasteiger partial charge in [0.05, 0.1) is 18.5 Å². The summed E-state index contributed by atoms with van der Waals surface area (Å²) in [4.78, 5) is 30.8. The molecule has 0 radical (unpaired) electrons. The molecule has 1 fully saturated rings. The summed E-state index contributed by atoms with van der Waals surface area (Å²) < 4.78 is 16.3. The second kappa shape index (κ2) is 7.72. The third kappa shape index (κ3) is 5.82. The van der Waals surface area contributed by atoms with Gasteiger partial charge in [0.15, 0.2) is 5.82 Å². The van der Waals surface area contributed by atoms with Gasteiger partial charge in [-0.3, -0.25) is 0 Å². The number of amides is 2. The maximum Gasteiger partial charge on any atom is 0.425 e. The smallest absolute Gasteiger partial charge is 0.425 e. The number of pyridine rings is 1. The maximum atomic E-state index is 12.8. The van der Waals surface area contributed by atoms with Gasteiger partial charge in [-0.15, -0.1) is 0 Å². The standard InChI is InChI=1S/C19H29N3O5/c1-18(2,3)26-16(23)22(17(24)27-19(4,5)6)15-14(9-13(20)10-21-15)12-7-8-25-11-12/h9-10,12H,7-8,11,20H2,1-6H3. The van der Waals surface area contributed by atoms with E-state index in [1.54, 1.807) is 47.6 Å². The quantitative estimate of drug-likeness (QED) is 0.832. The minimum Gasteiger partial charge on any atom is -0.443 e. The second-order valence-corrected chi connectivity index (χ2v) is 8.54. The van der Waals surface area contributed by atoms with E-state index < -0.39 is 23.4 Å². The van der Waals surface area contributed by atoms with E-state index in [0.717, 1.165) is 11.3 Å². The fraction of sp³-hybridized carbons (Fsp3) is 0.632. The van der Waals surface area contributed by atoms with Crippen LogP contribution in [0.15, 0.2) is 12.3 Å². The summed E-state index contributed by atoms with van der Waals surface area (Å²) in [7, 11) is 0. The molecule has 8 nitrogen and oxygen atoms in total. The number of nitrogens with two attached hydrogens (primary N) is 1. The fourth-order valence-corrected chi connectivity index (χ4v) is 2.62. The lowest BCUT2D eigenvalue weighted by Crippen LogP contribution is -2.44. The summed E-state index contributed by atoms with van der Waals surface area (Å²) >= 11 is 0. The van der Waals surface area contributed by atoms with Crippen LogP contribution in [0.4, 0.5) is 21.1 Å². The van der Waals surface area contributed by atoms with Crippen LogP contribution in [0.2, 0.25) is 0 Å². The molecule has 2 N–H and O–H groups in total. The van der Waals surface area contributed by atoms with Gasteiger partial charge >= 0.3 is 12.2 Å². The van der Waals surface area contributed by atoms with E-state index in [-0.39, 0.29) is 11.7 Å². The monoisotopic (exact) mass is 379 g/mol. The highest BCUT2D eigenvalue weighted by molar-refractivity contribution is 6.09. The van der Waals surface area contributed by atoms with E-state index in [1.165, 1.54) is 6.20 Å². The van der Waals surface area contributed by atoms with Gasteiger partial charge < -0.3 is 19.9 Å². The van der Waals surface area contributed by atoms with Gasteiger partial charge in [0.25, 0.3) is 0 Å². The number of hydrogen-bond acceptors (Lipinski definition) is 7. The average molecular weight is 379 g/mol. The molecule has 1 atom stereocenters. The van der Waals surface area contributed by atoms with E-state index in [9.17, 15) is 9.59 Å². The number of rotatable bonds is 2. The highest BCUT2D eigenvalue weighted by atomic mass is 16.6. The highest BCUT2D eigenvalue weighted by Gasteiger charge is 2.36. The molecule has 27 heavy (non-hydrogen) atoms. The number of carbonyl (C=O) groups excluding carboxylic acids is 2. The topological polar surface area (TPSA) is 104 Å². The van der Waals surface area contributed by atoms with Crippen molar-refractivity contribution in [3.8, 4) is 0 Å². The third-order valence-electron chi connectivity index (χ3n) is 3.65. The molecule has 0 aromatic carbocycles. The lowest BCUT2D eigenvalue weighted by atomic mass is 9.98. The van der Waals surface area contributed by atoms with E-state index in [0.29, 0.717) is 24.5 Å². The van der Waals surface area contributed by atoms with Crippen molar-refractivity contribution >= 4 is 23.7 Å². The molecule has 1 aromatic rings. The lowest BCUT2D eigenvalue weighted by Gasteiger charge is -2.29. The van der Waals surface area contributed by atoms with Gasteiger partial charge in [-0.05, 0) is 54.0 Å². The van der Waals surface area contributed by atoms with Crippen LogP contribution >= 0.6 is 0 Å². The number of nitrogens with zero attached hydrogens (tertiary/aromatic N) is 2. The molecule has 0 saturated carbocycles. The number of hydrogen-bond donors (Lipinski definition) is 1. The molecule has 1 saturated heterocycles. The zero-order chi connectivity index (χ0) is 20.4. The van der Waals surface area contributed by atoms with E-state index in [2.05, 4.69) is 4.98 Å². The van der Waals surface area contributed by atoms with Gasteiger partial charge in [-0.1, -0.05) is 0 Å². The molecule has 8 heteroatoms. The number of carbonyl (C=O) groups is 2. The average Bonchev–Trinajstić information content (AvgIpc) is 2.99. The Labute approximate surface area is 160 Å². The summed E-state index contributed by atoms with van der Waals surface area (Å²) in [5.74, 6) is 0.131. The van der Waals surface area contributed by atoms with Crippen LogP contribution in [0.1, 0.15) is 59.4 Å². The zero-order valence-corrected chi connectivity index (χ0v) is 16.9. The van der Waals surface area contributed by atoms with Crippen LogP contribution in [0.25, 0.3) is 0 Å². The zero-order valence-electron chi connectivity index (χ0n) is 16.9. The van der Waals surface area contributed by atoms with Crippen molar-refractivity contribution in [2.75, 3.05) is 23.8 Å². The van der Waals surface area contributed by atoms with Crippen LogP contribution in [-0.2, 0) is 14.2 Å². The first-order valence-electron chi connectivity index (χ1n) is 8.96. The molecule has 2 amide bonds. The van der Waals surface area contributed by atoms with Crippen molar-refractivity contribution in [3.05, 3.63) is 17.8 Å².